The number of hydrogen-bond donors (Lipinski definition) is 0. The molecule has 36 heavy (non-hydrogen) atoms. The highest BCUT2D eigenvalue weighted by molar-refractivity contribution is 6.34. The summed E-state index contributed by atoms with van der Waals surface area (Å²) < 4.78 is 58.0. The van der Waals surface area contributed by atoms with E-state index in [0.717, 1.165) is 12.1 Å². The highest BCUT2D eigenvalue weighted by Crippen LogP contribution is 2.39. The summed E-state index contributed by atoms with van der Waals surface area (Å²) in [4.78, 5) is 24.1. The van der Waals surface area contributed by atoms with Crippen LogP contribution >= 0.6 is 11.6 Å². The Morgan fingerprint density at radius 3 is 2.50 bits per heavy atom. The van der Waals surface area contributed by atoms with Crippen LogP contribution in [-0.4, -0.2) is 25.1 Å². The fourth-order valence-electron chi connectivity index (χ4n) is 3.99. The van der Waals surface area contributed by atoms with E-state index in [1.165, 1.54) is 12.1 Å². The summed E-state index contributed by atoms with van der Waals surface area (Å²) in [5, 5.41) is 0.476. The van der Waals surface area contributed by atoms with Gasteiger partial charge >= 0.3 is 6.18 Å². The maximum atomic E-state index is 13.5. The standard InChI is InChI=1S/C27H26ClF3O5/c1-15(32)16-9-18(10-16)34-13-26(2,3)14-35-23-11-17(27(29,30)31)7-8-20(23)24-12-22(33)19-5-4-6-21(28)25(19)36-24/h4-8,11-12,16,18H,9-10,13-14H2,1-3H3. The van der Waals surface area contributed by atoms with Crippen molar-refractivity contribution >= 4 is 28.4 Å². The lowest BCUT2D eigenvalue weighted by Crippen LogP contribution is -2.38. The quantitative estimate of drug-likeness (QED) is 0.321. The zero-order chi connectivity index (χ0) is 26.3. The highest BCUT2D eigenvalue weighted by atomic mass is 35.5. The average Bonchev–Trinajstić information content (AvgIpc) is 2.76. The van der Waals surface area contributed by atoms with Crippen molar-refractivity contribution in [1.29, 1.82) is 0 Å². The number of para-hydroxylation sites is 1. The lowest BCUT2D eigenvalue weighted by Gasteiger charge is -2.36. The van der Waals surface area contributed by atoms with E-state index in [-0.39, 0.29) is 62.9 Å². The molecule has 1 aromatic heterocycles. The lowest BCUT2D eigenvalue weighted by atomic mass is 9.79. The minimum Gasteiger partial charge on any atom is -0.492 e. The number of fused-ring (bicyclic) bond motifs is 1. The van der Waals surface area contributed by atoms with Gasteiger partial charge < -0.3 is 13.9 Å². The van der Waals surface area contributed by atoms with Gasteiger partial charge in [0.2, 0.25) is 0 Å². The Balaban J connectivity index is 1.59. The predicted molar refractivity (Wildman–Crippen MR) is 130 cm³/mol. The number of ketones is 1. The van der Waals surface area contributed by atoms with Gasteiger partial charge in [0.25, 0.3) is 0 Å². The smallest absolute Gasteiger partial charge is 0.416 e. The van der Waals surface area contributed by atoms with Gasteiger partial charge in [0.1, 0.15) is 17.3 Å². The second-order valence-corrected chi connectivity index (χ2v) is 10.4. The van der Waals surface area contributed by atoms with Gasteiger partial charge in [0.05, 0.1) is 40.9 Å². The average molecular weight is 523 g/mol. The molecule has 1 saturated carbocycles. The SMILES string of the molecule is CC(=O)C1CC(OCC(C)(C)COc2cc(C(F)(F)F)ccc2-c2cc(=O)c3cccc(Cl)c3o2)C1. The molecular formula is C27H26ClF3O5. The fraction of sp³-hybridized carbons (Fsp3) is 0.407. The van der Waals surface area contributed by atoms with Crippen molar-refractivity contribution < 1.29 is 31.9 Å². The van der Waals surface area contributed by atoms with Gasteiger partial charge in [-0.1, -0.05) is 31.5 Å². The summed E-state index contributed by atoms with van der Waals surface area (Å²) in [6.07, 6.45) is -3.25. The number of carbonyl (C=O) groups excluding carboxylic acids is 1. The van der Waals surface area contributed by atoms with Gasteiger partial charge in [-0.15, -0.1) is 0 Å². The lowest BCUT2D eigenvalue weighted by molar-refractivity contribution is -0.137. The minimum absolute atomic E-state index is 0.0149. The van der Waals surface area contributed by atoms with E-state index in [1.807, 2.05) is 13.8 Å². The topological polar surface area (TPSA) is 65.7 Å². The Bertz CT molecular complexity index is 1340. The van der Waals surface area contributed by atoms with Crippen LogP contribution in [0.3, 0.4) is 0 Å². The molecule has 1 aliphatic rings. The molecule has 1 heterocycles. The molecule has 2 aromatic carbocycles. The van der Waals surface area contributed by atoms with Gasteiger partial charge in [-0.2, -0.15) is 13.2 Å². The van der Waals surface area contributed by atoms with Crippen molar-refractivity contribution in [1.82, 2.24) is 0 Å². The largest absolute Gasteiger partial charge is 0.492 e. The monoisotopic (exact) mass is 522 g/mol. The van der Waals surface area contributed by atoms with Crippen molar-refractivity contribution in [2.75, 3.05) is 13.2 Å². The molecule has 0 radical (unpaired) electrons. The summed E-state index contributed by atoms with van der Waals surface area (Å²) in [5.41, 5.74) is -1.47. The zero-order valence-corrected chi connectivity index (χ0v) is 20.8. The van der Waals surface area contributed by atoms with Gasteiger partial charge in [-0.3, -0.25) is 9.59 Å². The number of benzene rings is 2. The van der Waals surface area contributed by atoms with Crippen molar-refractivity contribution in [2.45, 2.75) is 45.9 Å². The maximum Gasteiger partial charge on any atom is 0.416 e. The molecule has 0 bridgehead atoms. The minimum atomic E-state index is -4.58. The number of halogens is 4. The van der Waals surface area contributed by atoms with Crippen molar-refractivity contribution in [3.05, 3.63) is 63.3 Å². The summed E-state index contributed by atoms with van der Waals surface area (Å²) in [6, 6.07) is 8.97. The van der Waals surface area contributed by atoms with Crippen LogP contribution in [0.15, 0.2) is 51.7 Å². The summed E-state index contributed by atoms with van der Waals surface area (Å²) in [6.45, 7) is 5.66. The third-order valence-electron chi connectivity index (χ3n) is 6.28. The first-order chi connectivity index (χ1) is 16.8. The van der Waals surface area contributed by atoms with Crippen LogP contribution in [0.1, 0.15) is 39.2 Å². The fourth-order valence-corrected chi connectivity index (χ4v) is 4.20. The van der Waals surface area contributed by atoms with E-state index in [4.69, 9.17) is 25.5 Å². The van der Waals surface area contributed by atoms with Crippen LogP contribution < -0.4 is 10.2 Å². The maximum absolute atomic E-state index is 13.5. The number of hydrogen-bond acceptors (Lipinski definition) is 5. The van der Waals surface area contributed by atoms with E-state index in [1.54, 1.807) is 25.1 Å². The third kappa shape index (κ3) is 5.76. The number of carbonyl (C=O) groups is 1. The Hall–Kier alpha value is -2.84. The molecule has 0 saturated heterocycles. The molecule has 5 nitrogen and oxygen atoms in total. The third-order valence-corrected chi connectivity index (χ3v) is 6.58. The molecule has 0 N–H and O–H groups in total. The van der Waals surface area contributed by atoms with Gasteiger partial charge in [-0.05, 0) is 50.1 Å². The number of Topliss-reactive ketones (excluding diaryl/α,β-unsaturated/α-hetero) is 1. The molecule has 4 rings (SSSR count). The Morgan fingerprint density at radius 2 is 1.83 bits per heavy atom. The Morgan fingerprint density at radius 1 is 1.11 bits per heavy atom. The van der Waals surface area contributed by atoms with Crippen LogP contribution in [0.5, 0.6) is 5.75 Å². The molecule has 1 aliphatic carbocycles. The Kier molecular flexibility index (Phi) is 7.21. The molecule has 0 aliphatic heterocycles. The van der Waals surface area contributed by atoms with Gasteiger partial charge in [0.15, 0.2) is 11.0 Å². The van der Waals surface area contributed by atoms with E-state index in [9.17, 15) is 22.8 Å². The molecule has 0 atom stereocenters. The highest BCUT2D eigenvalue weighted by Gasteiger charge is 2.35. The summed E-state index contributed by atoms with van der Waals surface area (Å²) in [7, 11) is 0. The van der Waals surface area contributed by atoms with Crippen molar-refractivity contribution in [3.8, 4) is 17.1 Å². The van der Waals surface area contributed by atoms with E-state index in [0.29, 0.717) is 19.4 Å². The molecule has 0 spiro atoms. The second-order valence-electron chi connectivity index (χ2n) is 9.96. The molecule has 3 aromatic rings. The van der Waals surface area contributed by atoms with Crippen LogP contribution in [0.4, 0.5) is 13.2 Å². The molecule has 9 heteroatoms. The van der Waals surface area contributed by atoms with E-state index in [2.05, 4.69) is 0 Å². The zero-order valence-electron chi connectivity index (χ0n) is 20.1. The van der Waals surface area contributed by atoms with Crippen LogP contribution in [-0.2, 0) is 15.7 Å². The molecular weight excluding hydrogens is 497 g/mol. The predicted octanol–water partition coefficient (Wildman–Crippen LogP) is 6.92. The van der Waals surface area contributed by atoms with E-state index >= 15 is 0 Å². The van der Waals surface area contributed by atoms with Crippen LogP contribution in [0.2, 0.25) is 5.02 Å². The number of alkyl halides is 3. The molecule has 0 unspecified atom stereocenters. The number of rotatable bonds is 8. The van der Waals surface area contributed by atoms with Crippen LogP contribution in [0, 0.1) is 11.3 Å². The molecule has 0 amide bonds. The first-order valence-electron chi connectivity index (χ1n) is 11.5. The van der Waals surface area contributed by atoms with Crippen molar-refractivity contribution in [3.63, 3.8) is 0 Å². The number of ether oxygens (including phenoxy) is 2. The molecule has 1 fully saturated rings. The summed E-state index contributed by atoms with van der Waals surface area (Å²) in [5.74, 6) is 0.152. The normalized spacial score (nSPS) is 18.2. The van der Waals surface area contributed by atoms with E-state index < -0.39 is 17.2 Å². The van der Waals surface area contributed by atoms with Gasteiger partial charge in [0, 0.05) is 17.4 Å². The van der Waals surface area contributed by atoms with Crippen LogP contribution in [0.25, 0.3) is 22.3 Å². The first kappa shape index (κ1) is 26.2. The second kappa shape index (κ2) is 9.90. The summed E-state index contributed by atoms with van der Waals surface area (Å²) >= 11 is 6.19. The van der Waals surface area contributed by atoms with Crippen molar-refractivity contribution in [2.24, 2.45) is 11.3 Å². The first-order valence-corrected chi connectivity index (χ1v) is 11.9. The molecule has 192 valence electrons. The Labute approximate surface area is 211 Å². The van der Waals surface area contributed by atoms with Gasteiger partial charge in [-0.25, -0.2) is 0 Å².